The third-order valence-corrected chi connectivity index (χ3v) is 4.79. The van der Waals surface area contributed by atoms with Crippen molar-refractivity contribution < 1.29 is 9.59 Å². The molecule has 2 fully saturated rings. The Morgan fingerprint density at radius 3 is 2.70 bits per heavy atom. The number of carbonyl (C=O) groups is 2. The largest absolute Gasteiger partial charge is 0.342 e. The van der Waals surface area contributed by atoms with Gasteiger partial charge < -0.3 is 15.5 Å². The topological polar surface area (TPSA) is 66.6 Å². The van der Waals surface area contributed by atoms with Gasteiger partial charge in [0.05, 0.1) is 0 Å². The van der Waals surface area contributed by atoms with Gasteiger partial charge in [-0.05, 0) is 39.0 Å². The summed E-state index contributed by atoms with van der Waals surface area (Å²) < 4.78 is 0. The molecule has 1 aliphatic heterocycles. The van der Waals surface area contributed by atoms with Crippen LogP contribution in [0.4, 0.5) is 0 Å². The molecular formula is C15H27N3O2. The minimum absolute atomic E-state index is 0.0254. The summed E-state index contributed by atoms with van der Waals surface area (Å²) in [7, 11) is 1.80. The molecule has 20 heavy (non-hydrogen) atoms. The Kier molecular flexibility index (Phi) is 4.37. The zero-order valence-electron chi connectivity index (χ0n) is 12.9. The average Bonchev–Trinajstić information content (AvgIpc) is 2.36. The minimum atomic E-state index is -0.721. The zero-order chi connectivity index (χ0) is 14.9. The van der Waals surface area contributed by atoms with Crippen LogP contribution in [0.5, 0.6) is 0 Å². The maximum atomic E-state index is 12.6. The van der Waals surface area contributed by atoms with E-state index in [1.54, 1.807) is 16.8 Å². The van der Waals surface area contributed by atoms with Crippen molar-refractivity contribution in [3.8, 4) is 0 Å². The van der Waals surface area contributed by atoms with E-state index in [2.05, 4.69) is 0 Å². The summed E-state index contributed by atoms with van der Waals surface area (Å²) in [4.78, 5) is 28.2. The molecule has 0 aromatic rings. The van der Waals surface area contributed by atoms with Gasteiger partial charge in [0.2, 0.25) is 11.8 Å². The second kappa shape index (κ2) is 5.72. The van der Waals surface area contributed by atoms with E-state index in [4.69, 9.17) is 5.73 Å². The molecule has 5 heteroatoms. The minimum Gasteiger partial charge on any atom is -0.342 e. The quantitative estimate of drug-likeness (QED) is 0.820. The van der Waals surface area contributed by atoms with Gasteiger partial charge in [-0.3, -0.25) is 9.59 Å². The molecule has 5 nitrogen and oxygen atoms in total. The number of rotatable bonds is 2. The summed E-state index contributed by atoms with van der Waals surface area (Å²) in [5.74, 6) is 0.518. The molecule has 0 aromatic heterocycles. The Morgan fingerprint density at radius 2 is 2.05 bits per heavy atom. The number of hydrogen-bond acceptors (Lipinski definition) is 3. The number of nitrogens with two attached hydrogens (primary N) is 1. The smallest absolute Gasteiger partial charge is 0.247 e. The molecule has 114 valence electrons. The Balaban J connectivity index is 1.99. The molecule has 1 aliphatic carbocycles. The van der Waals surface area contributed by atoms with E-state index in [1.165, 1.54) is 0 Å². The molecule has 1 saturated carbocycles. The number of amides is 2. The van der Waals surface area contributed by atoms with Crippen LogP contribution in [0.3, 0.4) is 0 Å². The monoisotopic (exact) mass is 281 g/mol. The summed E-state index contributed by atoms with van der Waals surface area (Å²) in [6, 6.07) is 0.240. The van der Waals surface area contributed by atoms with Crippen LogP contribution in [0.15, 0.2) is 0 Å². The third kappa shape index (κ3) is 2.97. The van der Waals surface area contributed by atoms with Crippen LogP contribution in [0.2, 0.25) is 0 Å². The summed E-state index contributed by atoms with van der Waals surface area (Å²) in [5, 5.41) is 0. The lowest BCUT2D eigenvalue weighted by molar-refractivity contribution is -0.157. The van der Waals surface area contributed by atoms with Crippen LogP contribution in [-0.4, -0.2) is 53.3 Å². The van der Waals surface area contributed by atoms with Gasteiger partial charge >= 0.3 is 0 Å². The van der Waals surface area contributed by atoms with E-state index >= 15 is 0 Å². The summed E-state index contributed by atoms with van der Waals surface area (Å²) in [6.45, 7) is 4.94. The molecule has 1 saturated heterocycles. The van der Waals surface area contributed by atoms with Crippen molar-refractivity contribution in [3.05, 3.63) is 0 Å². The lowest BCUT2D eigenvalue weighted by Crippen LogP contribution is -2.63. The van der Waals surface area contributed by atoms with E-state index in [1.807, 2.05) is 13.8 Å². The van der Waals surface area contributed by atoms with Gasteiger partial charge in [-0.25, -0.2) is 0 Å². The molecule has 2 amide bonds. The number of likely N-dealkylation sites (N-methyl/N-ethyl adjacent to an activating group) is 1. The average molecular weight is 281 g/mol. The van der Waals surface area contributed by atoms with E-state index in [0.29, 0.717) is 25.4 Å². The lowest BCUT2D eigenvalue weighted by Gasteiger charge is -2.45. The first kappa shape index (κ1) is 15.3. The molecule has 2 rings (SSSR count). The van der Waals surface area contributed by atoms with Crippen molar-refractivity contribution in [2.75, 3.05) is 20.1 Å². The van der Waals surface area contributed by atoms with Crippen molar-refractivity contribution in [2.24, 2.45) is 11.7 Å². The summed E-state index contributed by atoms with van der Waals surface area (Å²) in [6.07, 6.45) is 4.75. The summed E-state index contributed by atoms with van der Waals surface area (Å²) in [5.41, 5.74) is 5.27. The van der Waals surface area contributed by atoms with Crippen molar-refractivity contribution in [3.63, 3.8) is 0 Å². The normalized spacial score (nSPS) is 30.5. The highest BCUT2D eigenvalue weighted by molar-refractivity contribution is 5.91. The summed E-state index contributed by atoms with van der Waals surface area (Å²) >= 11 is 0. The molecule has 0 bridgehead atoms. The molecule has 0 aromatic carbocycles. The van der Waals surface area contributed by atoms with Crippen LogP contribution in [0, 0.1) is 5.92 Å². The second-order valence-corrected chi connectivity index (χ2v) is 6.83. The Morgan fingerprint density at radius 1 is 1.35 bits per heavy atom. The number of hydrogen-bond donors (Lipinski definition) is 1. The first-order valence-electron chi connectivity index (χ1n) is 7.64. The fourth-order valence-corrected chi connectivity index (χ4v) is 3.53. The Bertz CT molecular complexity index is 395. The van der Waals surface area contributed by atoms with Gasteiger partial charge in [-0.2, -0.15) is 0 Å². The number of piperazine rings is 1. The SMILES string of the molecule is CN1CCN(C(=O)CC2CCCC(N)C2)C(C)(C)C1=O. The first-order chi connectivity index (χ1) is 9.32. The number of carbonyl (C=O) groups excluding carboxylic acids is 2. The molecule has 1 heterocycles. The van der Waals surface area contributed by atoms with Crippen LogP contribution in [-0.2, 0) is 9.59 Å². The van der Waals surface area contributed by atoms with Gasteiger partial charge in [-0.1, -0.05) is 6.42 Å². The van der Waals surface area contributed by atoms with Crippen LogP contribution in [0.25, 0.3) is 0 Å². The molecule has 2 atom stereocenters. The van der Waals surface area contributed by atoms with Crippen LogP contribution in [0.1, 0.15) is 46.0 Å². The predicted octanol–water partition coefficient (Wildman–Crippen LogP) is 0.973. The van der Waals surface area contributed by atoms with E-state index in [-0.39, 0.29) is 17.9 Å². The Hall–Kier alpha value is -1.10. The van der Waals surface area contributed by atoms with Gasteiger partial charge in [0, 0.05) is 32.6 Å². The van der Waals surface area contributed by atoms with Crippen LogP contribution < -0.4 is 5.73 Å². The van der Waals surface area contributed by atoms with Crippen molar-refractivity contribution >= 4 is 11.8 Å². The van der Waals surface area contributed by atoms with Crippen molar-refractivity contribution in [1.29, 1.82) is 0 Å². The molecule has 0 radical (unpaired) electrons. The number of nitrogens with zero attached hydrogens (tertiary/aromatic N) is 2. The molecule has 2 aliphatic rings. The fraction of sp³-hybridized carbons (Fsp3) is 0.867. The standard InChI is InChI=1S/C15H27N3O2/c1-15(2)14(20)17(3)7-8-18(15)13(19)10-11-5-4-6-12(16)9-11/h11-12H,4-10,16H2,1-3H3. The van der Waals surface area contributed by atoms with Gasteiger partial charge in [0.15, 0.2) is 0 Å². The maximum absolute atomic E-state index is 12.6. The van der Waals surface area contributed by atoms with Gasteiger partial charge in [0.1, 0.15) is 5.54 Å². The highest BCUT2D eigenvalue weighted by atomic mass is 16.2. The van der Waals surface area contributed by atoms with Crippen LogP contribution >= 0.6 is 0 Å². The molecule has 2 unspecified atom stereocenters. The highest BCUT2D eigenvalue weighted by Gasteiger charge is 2.43. The Labute approximate surface area is 121 Å². The third-order valence-electron chi connectivity index (χ3n) is 4.79. The second-order valence-electron chi connectivity index (χ2n) is 6.83. The van der Waals surface area contributed by atoms with E-state index in [0.717, 1.165) is 25.7 Å². The lowest BCUT2D eigenvalue weighted by atomic mass is 9.83. The predicted molar refractivity (Wildman–Crippen MR) is 78.0 cm³/mol. The molecule has 2 N–H and O–H groups in total. The molecular weight excluding hydrogens is 254 g/mol. The van der Waals surface area contributed by atoms with E-state index < -0.39 is 5.54 Å². The molecule has 0 spiro atoms. The first-order valence-corrected chi connectivity index (χ1v) is 7.64. The van der Waals surface area contributed by atoms with Gasteiger partial charge in [-0.15, -0.1) is 0 Å². The van der Waals surface area contributed by atoms with Crippen molar-refractivity contribution in [2.45, 2.75) is 57.5 Å². The maximum Gasteiger partial charge on any atom is 0.247 e. The highest BCUT2D eigenvalue weighted by Crippen LogP contribution is 2.29. The fourth-order valence-electron chi connectivity index (χ4n) is 3.53. The van der Waals surface area contributed by atoms with Gasteiger partial charge in [0.25, 0.3) is 0 Å². The zero-order valence-corrected chi connectivity index (χ0v) is 12.9. The van der Waals surface area contributed by atoms with Crippen molar-refractivity contribution in [1.82, 2.24) is 9.80 Å². The van der Waals surface area contributed by atoms with E-state index in [9.17, 15) is 9.59 Å².